The van der Waals surface area contributed by atoms with Crippen LogP contribution in [0.4, 0.5) is 0 Å². The largest absolute Gasteiger partial charge is 0.463 e. The fourth-order valence-corrected chi connectivity index (χ4v) is 2.19. The lowest BCUT2D eigenvalue weighted by Gasteiger charge is -2.17. The van der Waals surface area contributed by atoms with E-state index < -0.39 is 5.97 Å². The van der Waals surface area contributed by atoms with E-state index in [2.05, 4.69) is 9.64 Å². The van der Waals surface area contributed by atoms with Gasteiger partial charge in [0, 0.05) is 23.7 Å². The zero-order valence-corrected chi connectivity index (χ0v) is 12.2. The minimum absolute atomic E-state index is 0.249. The summed E-state index contributed by atoms with van der Waals surface area (Å²) in [4.78, 5) is 13.6. The fraction of sp³-hybridized carbons (Fsp3) is 0.267. The summed E-state index contributed by atoms with van der Waals surface area (Å²) in [5.74, 6) is -0.213. The van der Waals surface area contributed by atoms with Crippen molar-refractivity contribution in [1.82, 2.24) is 4.90 Å². The van der Waals surface area contributed by atoms with E-state index in [0.29, 0.717) is 13.1 Å². The summed E-state index contributed by atoms with van der Waals surface area (Å²) >= 11 is 6.14. The van der Waals surface area contributed by atoms with Crippen LogP contribution in [0.1, 0.15) is 21.7 Å². The second-order valence-corrected chi connectivity index (χ2v) is 4.94. The van der Waals surface area contributed by atoms with Crippen LogP contribution in [0.2, 0.25) is 5.02 Å². The molecule has 4 nitrogen and oxygen atoms in total. The Hall–Kier alpha value is -1.78. The first-order valence-corrected chi connectivity index (χ1v) is 6.56. The van der Waals surface area contributed by atoms with E-state index in [-0.39, 0.29) is 5.76 Å². The molecule has 0 amide bonds. The zero-order chi connectivity index (χ0) is 14.5. The van der Waals surface area contributed by atoms with Gasteiger partial charge in [0.2, 0.25) is 5.76 Å². The number of hydrogen-bond donors (Lipinski definition) is 0. The first kappa shape index (κ1) is 14.6. The highest BCUT2D eigenvalue weighted by Gasteiger charge is 2.17. The molecule has 0 aliphatic rings. The van der Waals surface area contributed by atoms with Gasteiger partial charge < -0.3 is 9.15 Å². The Morgan fingerprint density at radius 1 is 1.25 bits per heavy atom. The summed E-state index contributed by atoms with van der Waals surface area (Å²) in [6.45, 7) is 1.26. The summed E-state index contributed by atoms with van der Waals surface area (Å²) in [5.41, 5.74) is 1.84. The molecule has 0 saturated heterocycles. The average Bonchev–Trinajstić information content (AvgIpc) is 2.88. The van der Waals surface area contributed by atoms with Crippen molar-refractivity contribution in [2.45, 2.75) is 13.1 Å². The molecule has 1 aromatic carbocycles. The normalized spacial score (nSPS) is 10.8. The summed E-state index contributed by atoms with van der Waals surface area (Å²) in [6, 6.07) is 9.47. The smallest absolute Gasteiger partial charge is 0.374 e. The average molecular weight is 294 g/mol. The van der Waals surface area contributed by atoms with Crippen molar-refractivity contribution in [2.24, 2.45) is 0 Å². The lowest BCUT2D eigenvalue weighted by Crippen LogP contribution is -2.18. The van der Waals surface area contributed by atoms with Gasteiger partial charge in [-0.3, -0.25) is 4.90 Å². The predicted molar refractivity (Wildman–Crippen MR) is 76.7 cm³/mol. The maximum Gasteiger partial charge on any atom is 0.374 e. The number of nitrogens with zero attached hydrogens (tertiary/aromatic N) is 1. The highest BCUT2D eigenvalue weighted by molar-refractivity contribution is 6.31. The molecule has 0 radical (unpaired) electrons. The van der Waals surface area contributed by atoms with Crippen LogP contribution >= 0.6 is 11.6 Å². The number of esters is 1. The molecule has 1 heterocycles. The van der Waals surface area contributed by atoms with Gasteiger partial charge in [0.1, 0.15) is 0 Å². The molecule has 0 N–H and O–H groups in total. The summed E-state index contributed by atoms with van der Waals surface area (Å²) in [6.07, 6.45) is 1.49. The van der Waals surface area contributed by atoms with Crippen LogP contribution in [0.25, 0.3) is 0 Å². The number of hydrogen-bond acceptors (Lipinski definition) is 4. The van der Waals surface area contributed by atoms with Gasteiger partial charge in [-0.25, -0.2) is 4.79 Å². The molecule has 106 valence electrons. The first-order chi connectivity index (χ1) is 9.61. The van der Waals surface area contributed by atoms with Crippen molar-refractivity contribution in [3.8, 4) is 0 Å². The number of carbonyl (C=O) groups is 1. The van der Waals surface area contributed by atoms with Crippen LogP contribution in [0.5, 0.6) is 0 Å². The Balaban J connectivity index is 2.05. The van der Waals surface area contributed by atoms with E-state index in [1.165, 1.54) is 13.4 Å². The molecule has 0 saturated carbocycles. The molecule has 0 fully saturated rings. The predicted octanol–water partition coefficient (Wildman–Crippen LogP) is 3.35. The van der Waals surface area contributed by atoms with Crippen molar-refractivity contribution in [3.05, 3.63) is 58.5 Å². The first-order valence-electron chi connectivity index (χ1n) is 6.18. The van der Waals surface area contributed by atoms with Crippen molar-refractivity contribution in [1.29, 1.82) is 0 Å². The molecule has 0 aliphatic heterocycles. The van der Waals surface area contributed by atoms with Gasteiger partial charge in [0.15, 0.2) is 0 Å². The molecule has 0 unspecified atom stereocenters. The van der Waals surface area contributed by atoms with Gasteiger partial charge in [-0.1, -0.05) is 29.8 Å². The number of ether oxygens (including phenoxy) is 1. The Morgan fingerprint density at radius 2 is 1.95 bits per heavy atom. The Labute approximate surface area is 122 Å². The molecule has 1 aromatic heterocycles. The topological polar surface area (TPSA) is 42.7 Å². The van der Waals surface area contributed by atoms with Crippen LogP contribution in [-0.2, 0) is 17.8 Å². The van der Waals surface area contributed by atoms with E-state index in [9.17, 15) is 4.79 Å². The second-order valence-electron chi connectivity index (χ2n) is 4.53. The molecule has 20 heavy (non-hydrogen) atoms. The van der Waals surface area contributed by atoms with Gasteiger partial charge in [-0.2, -0.15) is 0 Å². The standard InChI is InChI=1S/C15H16ClNO3/c1-17(9-11-5-3-4-6-13(11)16)10-12-7-8-20-14(12)15(18)19-2/h3-8H,9-10H2,1-2H3. The molecule has 0 aliphatic carbocycles. The molecule has 0 atom stereocenters. The van der Waals surface area contributed by atoms with E-state index >= 15 is 0 Å². The monoisotopic (exact) mass is 293 g/mol. The highest BCUT2D eigenvalue weighted by atomic mass is 35.5. The quantitative estimate of drug-likeness (QED) is 0.793. The lowest BCUT2D eigenvalue weighted by atomic mass is 10.2. The Morgan fingerprint density at radius 3 is 2.65 bits per heavy atom. The van der Waals surface area contributed by atoms with Crippen molar-refractivity contribution in [3.63, 3.8) is 0 Å². The molecule has 0 bridgehead atoms. The number of rotatable bonds is 5. The number of carbonyl (C=O) groups excluding carboxylic acids is 1. The van der Waals surface area contributed by atoms with Gasteiger partial charge in [0.05, 0.1) is 13.4 Å². The maximum absolute atomic E-state index is 11.5. The third-order valence-corrected chi connectivity index (χ3v) is 3.32. The molecule has 2 aromatic rings. The fourth-order valence-electron chi connectivity index (χ4n) is 2.00. The summed E-state index contributed by atoms with van der Waals surface area (Å²) < 4.78 is 9.85. The maximum atomic E-state index is 11.5. The van der Waals surface area contributed by atoms with E-state index in [4.69, 9.17) is 16.0 Å². The van der Waals surface area contributed by atoms with E-state index in [1.807, 2.05) is 31.3 Å². The molecule has 5 heteroatoms. The molecule has 0 spiro atoms. The number of methoxy groups -OCH3 is 1. The molecular formula is C15H16ClNO3. The van der Waals surface area contributed by atoms with Crippen molar-refractivity contribution < 1.29 is 13.9 Å². The van der Waals surface area contributed by atoms with E-state index in [0.717, 1.165) is 16.1 Å². The van der Waals surface area contributed by atoms with Crippen LogP contribution in [0, 0.1) is 0 Å². The van der Waals surface area contributed by atoms with Crippen LogP contribution in [0.15, 0.2) is 41.0 Å². The van der Waals surface area contributed by atoms with Gasteiger partial charge >= 0.3 is 5.97 Å². The minimum atomic E-state index is -0.462. The van der Waals surface area contributed by atoms with Gasteiger partial charge in [0.25, 0.3) is 0 Å². The lowest BCUT2D eigenvalue weighted by molar-refractivity contribution is 0.0562. The SMILES string of the molecule is COC(=O)c1occc1CN(C)Cc1ccccc1Cl. The number of benzene rings is 1. The van der Waals surface area contributed by atoms with Gasteiger partial charge in [-0.05, 0) is 24.7 Å². The summed E-state index contributed by atoms with van der Waals surface area (Å²) in [7, 11) is 3.29. The second kappa shape index (κ2) is 6.59. The summed E-state index contributed by atoms with van der Waals surface area (Å²) in [5, 5.41) is 0.736. The Kier molecular flexibility index (Phi) is 4.82. The third kappa shape index (κ3) is 3.40. The highest BCUT2D eigenvalue weighted by Crippen LogP contribution is 2.19. The molecule has 2 rings (SSSR count). The molecular weight excluding hydrogens is 278 g/mol. The van der Waals surface area contributed by atoms with Crippen molar-refractivity contribution >= 4 is 17.6 Å². The number of halogens is 1. The number of furan rings is 1. The van der Waals surface area contributed by atoms with Crippen molar-refractivity contribution in [2.75, 3.05) is 14.2 Å². The van der Waals surface area contributed by atoms with E-state index in [1.54, 1.807) is 6.07 Å². The van der Waals surface area contributed by atoms with Crippen LogP contribution in [0.3, 0.4) is 0 Å². The van der Waals surface area contributed by atoms with Crippen LogP contribution < -0.4 is 0 Å². The third-order valence-electron chi connectivity index (χ3n) is 2.96. The minimum Gasteiger partial charge on any atom is -0.463 e. The van der Waals surface area contributed by atoms with Gasteiger partial charge in [-0.15, -0.1) is 0 Å². The Bertz CT molecular complexity index is 594. The van der Waals surface area contributed by atoms with Crippen LogP contribution in [-0.4, -0.2) is 25.0 Å². The zero-order valence-electron chi connectivity index (χ0n) is 11.4.